The van der Waals surface area contributed by atoms with Gasteiger partial charge in [0.05, 0.1) is 30.5 Å². The molecule has 0 aliphatic carbocycles. The summed E-state index contributed by atoms with van der Waals surface area (Å²) in [4.78, 5) is 15.6. The molecule has 2 unspecified atom stereocenters. The standard InChI is InChI=1S/C24H20Cl2F3NO4/c1-13(23(32,24(27,28)29)20-5-4-6-21(30-20)33-2)16-9-7-14(11-18(16)25)15-8-10-17(19(26)12-15)22(31)34-3/h4-13,32H,1-3H3. The van der Waals surface area contributed by atoms with Gasteiger partial charge in [-0.15, -0.1) is 0 Å². The number of esters is 1. The van der Waals surface area contributed by atoms with Gasteiger partial charge < -0.3 is 14.6 Å². The fourth-order valence-electron chi connectivity index (χ4n) is 3.61. The summed E-state index contributed by atoms with van der Waals surface area (Å²) in [6.07, 6.45) is -5.06. The van der Waals surface area contributed by atoms with Gasteiger partial charge in [0.15, 0.2) is 0 Å². The number of carbonyl (C=O) groups excluding carboxylic acids is 1. The van der Waals surface area contributed by atoms with E-state index in [0.29, 0.717) is 11.1 Å². The van der Waals surface area contributed by atoms with Gasteiger partial charge in [0, 0.05) is 17.0 Å². The number of alkyl halides is 3. The molecule has 0 aliphatic heterocycles. The van der Waals surface area contributed by atoms with Gasteiger partial charge in [0.25, 0.3) is 0 Å². The fraction of sp³-hybridized carbons (Fsp3) is 0.250. The van der Waals surface area contributed by atoms with Crippen LogP contribution in [0.4, 0.5) is 13.2 Å². The smallest absolute Gasteiger partial charge is 0.423 e. The van der Waals surface area contributed by atoms with E-state index in [9.17, 15) is 23.1 Å². The molecule has 0 amide bonds. The second-order valence-corrected chi connectivity index (χ2v) is 8.29. The summed E-state index contributed by atoms with van der Waals surface area (Å²) in [6, 6.07) is 12.8. The molecular weight excluding hydrogens is 494 g/mol. The number of aliphatic hydroxyl groups is 1. The van der Waals surface area contributed by atoms with Crippen molar-refractivity contribution in [3.8, 4) is 17.0 Å². The predicted molar refractivity (Wildman–Crippen MR) is 122 cm³/mol. The van der Waals surface area contributed by atoms with Gasteiger partial charge in [-0.2, -0.15) is 13.2 Å². The molecule has 180 valence electrons. The van der Waals surface area contributed by atoms with E-state index in [2.05, 4.69) is 9.72 Å². The molecule has 34 heavy (non-hydrogen) atoms. The molecule has 0 fully saturated rings. The number of methoxy groups -OCH3 is 2. The number of hydrogen-bond donors (Lipinski definition) is 1. The van der Waals surface area contributed by atoms with Crippen molar-refractivity contribution in [3.05, 3.63) is 81.5 Å². The van der Waals surface area contributed by atoms with E-state index in [1.54, 1.807) is 12.1 Å². The lowest BCUT2D eigenvalue weighted by Gasteiger charge is -2.36. The molecule has 0 aliphatic rings. The van der Waals surface area contributed by atoms with Crippen molar-refractivity contribution in [2.24, 2.45) is 0 Å². The molecule has 0 saturated carbocycles. The predicted octanol–water partition coefficient (Wildman–Crippen LogP) is 6.40. The second kappa shape index (κ2) is 9.82. The van der Waals surface area contributed by atoms with E-state index in [4.69, 9.17) is 27.9 Å². The van der Waals surface area contributed by atoms with Crippen molar-refractivity contribution < 1.29 is 32.5 Å². The maximum absolute atomic E-state index is 14.2. The normalized spacial score (nSPS) is 14.3. The summed E-state index contributed by atoms with van der Waals surface area (Å²) >= 11 is 12.6. The third kappa shape index (κ3) is 4.71. The van der Waals surface area contributed by atoms with Gasteiger partial charge in [0.2, 0.25) is 11.5 Å². The Labute approximate surface area is 204 Å². The maximum Gasteiger partial charge on any atom is 0.423 e. The zero-order valence-corrected chi connectivity index (χ0v) is 19.8. The Bertz CT molecular complexity index is 1220. The minimum absolute atomic E-state index is 0.00346. The van der Waals surface area contributed by atoms with Crippen LogP contribution in [0.2, 0.25) is 10.0 Å². The molecule has 0 radical (unpaired) electrons. The van der Waals surface area contributed by atoms with Crippen LogP contribution in [0.1, 0.15) is 34.5 Å². The highest BCUT2D eigenvalue weighted by Gasteiger charge is 2.60. The van der Waals surface area contributed by atoms with Gasteiger partial charge in [-0.25, -0.2) is 9.78 Å². The highest BCUT2D eigenvalue weighted by molar-refractivity contribution is 6.34. The van der Waals surface area contributed by atoms with Gasteiger partial charge in [-0.05, 0) is 41.0 Å². The molecule has 0 saturated heterocycles. The van der Waals surface area contributed by atoms with Crippen LogP contribution in [0.25, 0.3) is 11.1 Å². The topological polar surface area (TPSA) is 68.7 Å². The van der Waals surface area contributed by atoms with Crippen LogP contribution in [0, 0.1) is 0 Å². The molecule has 10 heteroatoms. The van der Waals surface area contributed by atoms with E-state index in [1.807, 2.05) is 0 Å². The number of aromatic nitrogens is 1. The first-order valence-corrected chi connectivity index (χ1v) is 10.7. The largest absolute Gasteiger partial charge is 0.481 e. The summed E-state index contributed by atoms with van der Waals surface area (Å²) in [7, 11) is 2.50. The molecule has 2 aromatic carbocycles. The molecule has 3 aromatic rings. The number of pyridine rings is 1. The number of carbonyl (C=O) groups is 1. The maximum atomic E-state index is 14.2. The molecule has 3 rings (SSSR count). The quantitative estimate of drug-likeness (QED) is 0.386. The van der Waals surface area contributed by atoms with Crippen molar-refractivity contribution in [1.29, 1.82) is 0 Å². The van der Waals surface area contributed by atoms with E-state index in [0.717, 1.165) is 6.07 Å². The van der Waals surface area contributed by atoms with Crippen molar-refractivity contribution in [1.82, 2.24) is 4.98 Å². The van der Waals surface area contributed by atoms with Crippen molar-refractivity contribution >= 4 is 29.2 Å². The highest BCUT2D eigenvalue weighted by atomic mass is 35.5. The summed E-state index contributed by atoms with van der Waals surface area (Å²) in [5.41, 5.74) is -2.58. The SMILES string of the molecule is COC(=O)c1ccc(-c2ccc(C(C)C(O)(c3cccc(OC)n3)C(F)(F)F)c(Cl)c2)cc1Cl. The molecular formula is C24H20Cl2F3NO4. The summed E-state index contributed by atoms with van der Waals surface area (Å²) in [5.74, 6) is -2.18. The van der Waals surface area contributed by atoms with Crippen LogP contribution >= 0.6 is 23.2 Å². The monoisotopic (exact) mass is 513 g/mol. The van der Waals surface area contributed by atoms with E-state index in [1.165, 1.54) is 57.5 Å². The number of benzene rings is 2. The fourth-order valence-corrected chi connectivity index (χ4v) is 4.21. The molecule has 5 nitrogen and oxygen atoms in total. The van der Waals surface area contributed by atoms with Crippen LogP contribution in [-0.2, 0) is 10.3 Å². The van der Waals surface area contributed by atoms with E-state index in [-0.39, 0.29) is 27.1 Å². The van der Waals surface area contributed by atoms with Gasteiger partial charge in [0.1, 0.15) is 0 Å². The van der Waals surface area contributed by atoms with E-state index < -0.39 is 29.4 Å². The third-order valence-corrected chi connectivity index (χ3v) is 6.20. The summed E-state index contributed by atoms with van der Waals surface area (Å²) < 4.78 is 52.1. The zero-order valence-electron chi connectivity index (χ0n) is 18.3. The average molecular weight is 514 g/mol. The minimum Gasteiger partial charge on any atom is -0.481 e. The Morgan fingerprint density at radius 2 is 1.62 bits per heavy atom. The highest BCUT2D eigenvalue weighted by Crippen LogP contribution is 2.49. The molecule has 0 spiro atoms. The Morgan fingerprint density at radius 1 is 1.00 bits per heavy atom. The Balaban J connectivity index is 2.04. The van der Waals surface area contributed by atoms with Gasteiger partial charge >= 0.3 is 12.1 Å². The second-order valence-electron chi connectivity index (χ2n) is 7.47. The number of nitrogens with zero attached hydrogens (tertiary/aromatic N) is 1. The summed E-state index contributed by atoms with van der Waals surface area (Å²) in [6.45, 7) is 1.22. The average Bonchev–Trinajstić information content (AvgIpc) is 2.81. The number of halogens is 5. The minimum atomic E-state index is -5.06. The lowest BCUT2D eigenvalue weighted by Crippen LogP contribution is -2.47. The number of ether oxygens (including phenoxy) is 2. The number of hydrogen-bond acceptors (Lipinski definition) is 5. The summed E-state index contributed by atoms with van der Waals surface area (Å²) in [5, 5.41) is 11.1. The lowest BCUT2D eigenvalue weighted by molar-refractivity contribution is -0.276. The lowest BCUT2D eigenvalue weighted by atomic mass is 9.79. The van der Waals surface area contributed by atoms with Crippen LogP contribution < -0.4 is 4.74 Å². The van der Waals surface area contributed by atoms with Crippen LogP contribution in [0.5, 0.6) is 5.88 Å². The van der Waals surface area contributed by atoms with Crippen molar-refractivity contribution in [2.45, 2.75) is 24.6 Å². The van der Waals surface area contributed by atoms with Crippen molar-refractivity contribution in [2.75, 3.05) is 14.2 Å². The van der Waals surface area contributed by atoms with E-state index >= 15 is 0 Å². The van der Waals surface area contributed by atoms with Crippen molar-refractivity contribution in [3.63, 3.8) is 0 Å². The molecule has 0 bridgehead atoms. The third-order valence-electron chi connectivity index (χ3n) is 5.56. The molecule has 1 heterocycles. The Morgan fingerprint density at radius 3 is 2.15 bits per heavy atom. The first kappa shape index (κ1) is 25.8. The van der Waals surface area contributed by atoms with Crippen LogP contribution in [0.3, 0.4) is 0 Å². The first-order valence-electron chi connectivity index (χ1n) is 9.92. The van der Waals surface area contributed by atoms with Crippen LogP contribution in [0.15, 0.2) is 54.6 Å². The molecule has 1 aromatic heterocycles. The molecule has 2 atom stereocenters. The van der Waals surface area contributed by atoms with Gasteiger partial charge in [-0.1, -0.05) is 54.4 Å². The number of rotatable bonds is 6. The Kier molecular flexibility index (Phi) is 7.45. The first-order chi connectivity index (χ1) is 15.9. The van der Waals surface area contributed by atoms with Gasteiger partial charge in [-0.3, -0.25) is 0 Å². The van der Waals surface area contributed by atoms with Crippen LogP contribution in [-0.4, -0.2) is 36.5 Å². The Hall–Kier alpha value is -2.81. The molecule has 1 N–H and O–H groups in total. The zero-order chi connectivity index (χ0) is 25.3.